The summed E-state index contributed by atoms with van der Waals surface area (Å²) in [6.07, 6.45) is 3.96. The maximum atomic E-state index is 5.04. The van der Waals surface area contributed by atoms with Crippen molar-refractivity contribution >= 4 is 21.6 Å². The number of nitrogens with zero attached hydrogens (tertiary/aromatic N) is 1. The van der Waals surface area contributed by atoms with Crippen LogP contribution < -0.4 is 10.2 Å². The van der Waals surface area contributed by atoms with Gasteiger partial charge in [0.05, 0.1) is 12.3 Å². The molecule has 0 spiro atoms. The molecule has 1 saturated heterocycles. The quantitative estimate of drug-likeness (QED) is 0.801. The first kappa shape index (κ1) is 15.8. The molecule has 1 atom stereocenters. The van der Waals surface area contributed by atoms with Crippen LogP contribution in [-0.4, -0.2) is 32.8 Å². The van der Waals surface area contributed by atoms with Gasteiger partial charge in [0.2, 0.25) is 0 Å². The minimum Gasteiger partial charge on any atom is -0.383 e. The van der Waals surface area contributed by atoms with Gasteiger partial charge >= 0.3 is 0 Å². The van der Waals surface area contributed by atoms with Crippen molar-refractivity contribution in [1.82, 2.24) is 5.32 Å². The van der Waals surface area contributed by atoms with E-state index in [1.54, 1.807) is 7.11 Å². The smallest absolute Gasteiger partial charge is 0.0587 e. The normalized spacial score (nSPS) is 19.4. The number of benzene rings is 1. The lowest BCUT2D eigenvalue weighted by Crippen LogP contribution is -2.37. The number of piperidine rings is 1. The highest BCUT2D eigenvalue weighted by Crippen LogP contribution is 2.32. The average molecular weight is 341 g/mol. The Labute approximate surface area is 130 Å². The average Bonchev–Trinajstić information content (AvgIpc) is 2.45. The molecule has 0 bridgehead atoms. The number of hydrogen-bond donors (Lipinski definition) is 1. The number of rotatable bonds is 6. The maximum absolute atomic E-state index is 5.04. The summed E-state index contributed by atoms with van der Waals surface area (Å²) < 4.78 is 6.24. The van der Waals surface area contributed by atoms with E-state index in [1.165, 1.54) is 41.5 Å². The largest absolute Gasteiger partial charge is 0.383 e. The molecule has 1 aliphatic heterocycles. The highest BCUT2D eigenvalue weighted by atomic mass is 79.9. The lowest BCUT2D eigenvalue weighted by Gasteiger charge is -2.36. The summed E-state index contributed by atoms with van der Waals surface area (Å²) in [7, 11) is 1.73. The molecule has 1 fully saturated rings. The van der Waals surface area contributed by atoms with Crippen LogP contribution >= 0.6 is 15.9 Å². The van der Waals surface area contributed by atoms with Gasteiger partial charge in [0.25, 0.3) is 0 Å². The minimum absolute atomic E-state index is 0.644. The summed E-state index contributed by atoms with van der Waals surface area (Å²) in [5, 5.41) is 3.38. The van der Waals surface area contributed by atoms with Crippen molar-refractivity contribution in [3.8, 4) is 0 Å². The lowest BCUT2D eigenvalue weighted by molar-refractivity contribution is 0.199. The second-order valence-electron chi connectivity index (χ2n) is 5.49. The minimum atomic E-state index is 0.644. The molecule has 0 amide bonds. The fraction of sp³-hybridized carbons (Fsp3) is 0.625. The Bertz CT molecular complexity index is 425. The highest BCUT2D eigenvalue weighted by Gasteiger charge is 2.20. The van der Waals surface area contributed by atoms with Crippen LogP contribution in [0.4, 0.5) is 5.69 Å². The standard InChI is InChI=1S/C16H25BrN2O/c1-13-5-3-4-9-19(13)16-7-6-14(11-15(16)17)12-18-8-10-20-2/h6-7,11,13,18H,3-5,8-10,12H2,1-2H3. The van der Waals surface area contributed by atoms with Gasteiger partial charge in [-0.15, -0.1) is 0 Å². The van der Waals surface area contributed by atoms with Crippen LogP contribution in [0.2, 0.25) is 0 Å². The van der Waals surface area contributed by atoms with E-state index >= 15 is 0 Å². The van der Waals surface area contributed by atoms with Crippen molar-refractivity contribution in [3.63, 3.8) is 0 Å². The molecule has 0 saturated carbocycles. The third-order valence-electron chi connectivity index (χ3n) is 3.94. The molecule has 3 nitrogen and oxygen atoms in total. The molecule has 1 aromatic carbocycles. The van der Waals surface area contributed by atoms with Gasteiger partial charge < -0.3 is 15.0 Å². The van der Waals surface area contributed by atoms with Crippen LogP contribution in [0.3, 0.4) is 0 Å². The second kappa shape index (κ2) is 8.01. The summed E-state index contributed by atoms with van der Waals surface area (Å²) in [5.41, 5.74) is 2.64. The first-order chi connectivity index (χ1) is 9.72. The molecule has 4 heteroatoms. The van der Waals surface area contributed by atoms with Crippen molar-refractivity contribution < 1.29 is 4.74 Å². The predicted octanol–water partition coefficient (Wildman–Crippen LogP) is 3.56. The number of nitrogens with one attached hydrogen (secondary N) is 1. The molecule has 0 radical (unpaired) electrons. The zero-order valence-electron chi connectivity index (χ0n) is 12.5. The van der Waals surface area contributed by atoms with Crippen molar-refractivity contribution in [3.05, 3.63) is 28.2 Å². The Hall–Kier alpha value is -0.580. The molecule has 1 unspecified atom stereocenters. The lowest BCUT2D eigenvalue weighted by atomic mass is 10.0. The molecule has 20 heavy (non-hydrogen) atoms. The third kappa shape index (κ3) is 4.21. The van der Waals surface area contributed by atoms with E-state index in [0.29, 0.717) is 6.04 Å². The van der Waals surface area contributed by atoms with Gasteiger partial charge in [-0.25, -0.2) is 0 Å². The predicted molar refractivity (Wildman–Crippen MR) is 88.4 cm³/mol. The van der Waals surface area contributed by atoms with Crippen LogP contribution in [0.1, 0.15) is 31.7 Å². The monoisotopic (exact) mass is 340 g/mol. The van der Waals surface area contributed by atoms with Gasteiger partial charge in [-0.2, -0.15) is 0 Å². The molecule has 0 aliphatic carbocycles. The van der Waals surface area contributed by atoms with Gasteiger partial charge in [-0.05, 0) is 59.8 Å². The van der Waals surface area contributed by atoms with Crippen molar-refractivity contribution in [2.75, 3.05) is 31.7 Å². The first-order valence-electron chi connectivity index (χ1n) is 7.47. The molecule has 112 valence electrons. The molecule has 1 N–H and O–H groups in total. The van der Waals surface area contributed by atoms with E-state index in [0.717, 1.165) is 19.7 Å². The van der Waals surface area contributed by atoms with E-state index in [9.17, 15) is 0 Å². The van der Waals surface area contributed by atoms with E-state index in [4.69, 9.17) is 4.74 Å². The third-order valence-corrected chi connectivity index (χ3v) is 4.57. The zero-order valence-corrected chi connectivity index (χ0v) is 14.1. The Morgan fingerprint density at radius 2 is 2.25 bits per heavy atom. The highest BCUT2D eigenvalue weighted by molar-refractivity contribution is 9.10. The van der Waals surface area contributed by atoms with Crippen molar-refractivity contribution in [1.29, 1.82) is 0 Å². The van der Waals surface area contributed by atoms with Gasteiger partial charge in [0, 0.05) is 37.3 Å². The van der Waals surface area contributed by atoms with E-state index < -0.39 is 0 Å². The maximum Gasteiger partial charge on any atom is 0.0587 e. The topological polar surface area (TPSA) is 24.5 Å². The number of ether oxygens (including phenoxy) is 1. The van der Waals surface area contributed by atoms with E-state index in [2.05, 4.69) is 51.3 Å². The molecule has 0 aromatic heterocycles. The zero-order chi connectivity index (χ0) is 14.4. The number of methoxy groups -OCH3 is 1. The molecule has 1 aliphatic rings. The number of anilines is 1. The fourth-order valence-electron chi connectivity index (χ4n) is 2.76. The van der Waals surface area contributed by atoms with Crippen molar-refractivity contribution in [2.45, 2.75) is 38.8 Å². The summed E-state index contributed by atoms with van der Waals surface area (Å²) in [6, 6.07) is 7.35. The van der Waals surface area contributed by atoms with Gasteiger partial charge in [-0.3, -0.25) is 0 Å². The molecule has 1 heterocycles. The van der Waals surface area contributed by atoms with Gasteiger partial charge in [0.15, 0.2) is 0 Å². The Morgan fingerprint density at radius 1 is 1.40 bits per heavy atom. The summed E-state index contributed by atoms with van der Waals surface area (Å²) in [5.74, 6) is 0. The van der Waals surface area contributed by atoms with Crippen LogP contribution in [0.25, 0.3) is 0 Å². The van der Waals surface area contributed by atoms with Crippen LogP contribution in [0.15, 0.2) is 22.7 Å². The SMILES string of the molecule is COCCNCc1ccc(N2CCCCC2C)c(Br)c1. The summed E-state index contributed by atoms with van der Waals surface area (Å²) in [6.45, 7) is 6.03. The van der Waals surface area contributed by atoms with E-state index in [-0.39, 0.29) is 0 Å². The number of halogens is 1. The molecular weight excluding hydrogens is 316 g/mol. The van der Waals surface area contributed by atoms with Gasteiger partial charge in [-0.1, -0.05) is 6.07 Å². The number of hydrogen-bond acceptors (Lipinski definition) is 3. The molecule has 2 rings (SSSR count). The summed E-state index contributed by atoms with van der Waals surface area (Å²) in [4.78, 5) is 2.52. The molecular formula is C16H25BrN2O. The van der Waals surface area contributed by atoms with E-state index in [1.807, 2.05) is 0 Å². The van der Waals surface area contributed by atoms with Crippen LogP contribution in [0, 0.1) is 0 Å². The van der Waals surface area contributed by atoms with Crippen molar-refractivity contribution in [2.24, 2.45) is 0 Å². The Kier molecular flexibility index (Phi) is 6.33. The second-order valence-corrected chi connectivity index (χ2v) is 6.35. The van der Waals surface area contributed by atoms with Crippen LogP contribution in [0.5, 0.6) is 0 Å². The first-order valence-corrected chi connectivity index (χ1v) is 8.26. The Morgan fingerprint density at radius 3 is 2.95 bits per heavy atom. The fourth-order valence-corrected chi connectivity index (χ4v) is 3.41. The van der Waals surface area contributed by atoms with Gasteiger partial charge in [0.1, 0.15) is 0 Å². The molecule has 1 aromatic rings. The Balaban J connectivity index is 1.98. The van der Waals surface area contributed by atoms with Crippen LogP contribution in [-0.2, 0) is 11.3 Å². The summed E-state index contributed by atoms with van der Waals surface area (Å²) >= 11 is 3.74.